The van der Waals surface area contributed by atoms with Crippen molar-refractivity contribution in [3.63, 3.8) is 0 Å². The van der Waals surface area contributed by atoms with Gasteiger partial charge < -0.3 is 4.81 Å². The highest BCUT2D eigenvalue weighted by atomic mass is 15.0. The van der Waals surface area contributed by atoms with Gasteiger partial charge in [-0.1, -0.05) is 31.7 Å². The van der Waals surface area contributed by atoms with Gasteiger partial charge in [0.15, 0.2) is 0 Å². The van der Waals surface area contributed by atoms with E-state index in [-0.39, 0.29) is 0 Å². The van der Waals surface area contributed by atoms with E-state index in [4.69, 9.17) is 0 Å². The normalized spacial score (nSPS) is 17.2. The van der Waals surface area contributed by atoms with E-state index in [0.29, 0.717) is 6.85 Å². The van der Waals surface area contributed by atoms with Crippen molar-refractivity contribution in [3.05, 3.63) is 23.8 Å². The third kappa shape index (κ3) is 1.89. The minimum atomic E-state index is 0.597. The topological polar surface area (TPSA) is 3.24 Å². The summed E-state index contributed by atoms with van der Waals surface area (Å²) in [6, 6.07) is 0. The lowest BCUT2D eigenvalue weighted by molar-refractivity contribution is 0.704. The highest BCUT2D eigenvalue weighted by Crippen LogP contribution is 2.15. The Morgan fingerprint density at radius 2 is 2.27 bits per heavy atom. The third-order valence-corrected chi connectivity index (χ3v) is 2.32. The minimum absolute atomic E-state index is 0.597. The first-order valence-corrected chi connectivity index (χ1v) is 4.35. The lowest BCUT2D eigenvalue weighted by atomic mass is 9.54. The summed E-state index contributed by atoms with van der Waals surface area (Å²) in [5.74, 6) is 0. The number of allylic oxidation sites excluding steroid dienone is 3. The van der Waals surface area contributed by atoms with Crippen molar-refractivity contribution in [2.75, 3.05) is 7.05 Å². The number of rotatable bonds is 2. The standard InChI is InChI=1S/C9H16BN/c1-4-6-9-7-5-8-11(3)10(9)2/h5,7-8H,4,6H2,1-3H3. The molecule has 0 aromatic rings. The van der Waals surface area contributed by atoms with Crippen LogP contribution in [0.25, 0.3) is 0 Å². The van der Waals surface area contributed by atoms with Gasteiger partial charge in [0.25, 0.3) is 6.85 Å². The fraction of sp³-hybridized carbons (Fsp3) is 0.556. The summed E-state index contributed by atoms with van der Waals surface area (Å²) >= 11 is 0. The van der Waals surface area contributed by atoms with Crippen LogP contribution in [0.5, 0.6) is 0 Å². The molecule has 0 radical (unpaired) electrons. The number of hydrogen-bond acceptors (Lipinski definition) is 1. The monoisotopic (exact) mass is 149 g/mol. The molecule has 0 saturated carbocycles. The average molecular weight is 149 g/mol. The quantitative estimate of drug-likeness (QED) is 0.544. The Balaban J connectivity index is 2.62. The fourth-order valence-electron chi connectivity index (χ4n) is 1.41. The molecule has 2 heteroatoms. The maximum absolute atomic E-state index is 2.25. The van der Waals surface area contributed by atoms with Gasteiger partial charge in [0.05, 0.1) is 0 Å². The Bertz CT molecular complexity index is 184. The van der Waals surface area contributed by atoms with Crippen LogP contribution >= 0.6 is 0 Å². The highest BCUT2D eigenvalue weighted by Gasteiger charge is 2.17. The molecule has 1 nitrogen and oxygen atoms in total. The van der Waals surface area contributed by atoms with Gasteiger partial charge in [-0.15, -0.1) is 0 Å². The molecular formula is C9H16BN. The van der Waals surface area contributed by atoms with Crippen molar-refractivity contribution in [1.82, 2.24) is 4.81 Å². The van der Waals surface area contributed by atoms with Crippen LogP contribution in [0.2, 0.25) is 6.82 Å². The van der Waals surface area contributed by atoms with Gasteiger partial charge in [-0.05, 0) is 25.7 Å². The first-order chi connectivity index (χ1) is 5.25. The van der Waals surface area contributed by atoms with Crippen LogP contribution in [0.4, 0.5) is 0 Å². The van der Waals surface area contributed by atoms with Crippen molar-refractivity contribution in [2.24, 2.45) is 0 Å². The summed E-state index contributed by atoms with van der Waals surface area (Å²) in [6.07, 6.45) is 8.98. The molecule has 60 valence electrons. The molecule has 1 aliphatic heterocycles. The van der Waals surface area contributed by atoms with E-state index < -0.39 is 0 Å². The fourth-order valence-corrected chi connectivity index (χ4v) is 1.41. The van der Waals surface area contributed by atoms with E-state index in [2.05, 4.69) is 44.0 Å². The van der Waals surface area contributed by atoms with Gasteiger partial charge >= 0.3 is 0 Å². The molecule has 11 heavy (non-hydrogen) atoms. The van der Waals surface area contributed by atoms with E-state index in [1.54, 1.807) is 5.47 Å². The van der Waals surface area contributed by atoms with Crippen LogP contribution in [-0.2, 0) is 0 Å². The van der Waals surface area contributed by atoms with Crippen molar-refractivity contribution >= 4 is 6.85 Å². The summed E-state index contributed by atoms with van der Waals surface area (Å²) in [4.78, 5) is 2.25. The summed E-state index contributed by atoms with van der Waals surface area (Å²) in [5.41, 5.74) is 1.55. The van der Waals surface area contributed by atoms with E-state index in [1.165, 1.54) is 12.8 Å². The lowest BCUT2D eigenvalue weighted by Crippen LogP contribution is -2.32. The zero-order valence-corrected chi connectivity index (χ0v) is 7.67. The van der Waals surface area contributed by atoms with E-state index in [1.807, 2.05) is 0 Å². The lowest BCUT2D eigenvalue weighted by Gasteiger charge is -2.25. The molecule has 0 aromatic heterocycles. The molecule has 0 bridgehead atoms. The van der Waals surface area contributed by atoms with Gasteiger partial charge in [-0.2, -0.15) is 0 Å². The molecule has 1 heterocycles. The van der Waals surface area contributed by atoms with E-state index in [9.17, 15) is 0 Å². The number of nitrogens with zero attached hydrogens (tertiary/aromatic N) is 1. The zero-order chi connectivity index (χ0) is 8.27. The molecular weight excluding hydrogens is 133 g/mol. The summed E-state index contributed by atoms with van der Waals surface area (Å²) in [6.45, 7) is 5.08. The van der Waals surface area contributed by atoms with E-state index in [0.717, 1.165) is 0 Å². The zero-order valence-electron chi connectivity index (χ0n) is 7.67. The van der Waals surface area contributed by atoms with Crippen molar-refractivity contribution in [1.29, 1.82) is 0 Å². The first kappa shape index (κ1) is 8.44. The van der Waals surface area contributed by atoms with Crippen LogP contribution in [-0.4, -0.2) is 18.7 Å². The summed E-state index contributed by atoms with van der Waals surface area (Å²) < 4.78 is 0. The van der Waals surface area contributed by atoms with Crippen LogP contribution < -0.4 is 0 Å². The Kier molecular flexibility index (Phi) is 2.80. The molecule has 0 aliphatic carbocycles. The maximum Gasteiger partial charge on any atom is 0.280 e. The van der Waals surface area contributed by atoms with Gasteiger partial charge in [-0.25, -0.2) is 0 Å². The Morgan fingerprint density at radius 3 is 2.91 bits per heavy atom. The Hall–Kier alpha value is -0.655. The first-order valence-electron chi connectivity index (χ1n) is 4.35. The smallest absolute Gasteiger partial charge is 0.280 e. The molecule has 1 rings (SSSR count). The Labute approximate surface area is 69.9 Å². The van der Waals surface area contributed by atoms with Gasteiger partial charge in [0.1, 0.15) is 0 Å². The molecule has 1 aliphatic rings. The largest absolute Gasteiger partial charge is 0.420 e. The van der Waals surface area contributed by atoms with Crippen molar-refractivity contribution in [2.45, 2.75) is 26.6 Å². The van der Waals surface area contributed by atoms with Crippen molar-refractivity contribution < 1.29 is 0 Å². The van der Waals surface area contributed by atoms with E-state index >= 15 is 0 Å². The average Bonchev–Trinajstić information content (AvgIpc) is 1.99. The SMILES string of the molecule is CCCC1=CC=CN(C)B1C. The molecule has 0 unspecified atom stereocenters. The van der Waals surface area contributed by atoms with Crippen LogP contribution in [0.15, 0.2) is 23.8 Å². The molecule has 0 saturated heterocycles. The van der Waals surface area contributed by atoms with Gasteiger partial charge in [0, 0.05) is 0 Å². The maximum atomic E-state index is 2.25. The second-order valence-corrected chi connectivity index (χ2v) is 3.17. The second kappa shape index (κ2) is 3.65. The Morgan fingerprint density at radius 1 is 1.55 bits per heavy atom. The van der Waals surface area contributed by atoms with Crippen LogP contribution in [0.1, 0.15) is 19.8 Å². The highest BCUT2D eigenvalue weighted by molar-refractivity contribution is 6.63. The van der Waals surface area contributed by atoms with Gasteiger partial charge in [-0.3, -0.25) is 0 Å². The van der Waals surface area contributed by atoms with Crippen LogP contribution in [0.3, 0.4) is 0 Å². The second-order valence-electron chi connectivity index (χ2n) is 3.17. The van der Waals surface area contributed by atoms with Crippen LogP contribution in [0, 0.1) is 0 Å². The third-order valence-electron chi connectivity index (χ3n) is 2.32. The summed E-state index contributed by atoms with van der Waals surface area (Å²) in [7, 11) is 2.13. The summed E-state index contributed by atoms with van der Waals surface area (Å²) in [5, 5.41) is 0. The van der Waals surface area contributed by atoms with Crippen molar-refractivity contribution in [3.8, 4) is 0 Å². The minimum Gasteiger partial charge on any atom is -0.420 e. The predicted molar refractivity (Wildman–Crippen MR) is 51.5 cm³/mol. The molecule has 0 aromatic carbocycles. The van der Waals surface area contributed by atoms with Gasteiger partial charge in [0.2, 0.25) is 0 Å². The molecule has 0 amide bonds. The molecule has 0 fully saturated rings. The number of hydrogen-bond donors (Lipinski definition) is 0. The molecule has 0 N–H and O–H groups in total. The predicted octanol–water partition coefficient (Wildman–Crippen LogP) is 2.33. The molecule has 0 spiro atoms. The molecule has 0 atom stereocenters.